The highest BCUT2D eigenvalue weighted by Crippen LogP contribution is 2.33. The van der Waals surface area contributed by atoms with Crippen molar-refractivity contribution in [2.45, 2.75) is 6.54 Å². The minimum Gasteiger partial charge on any atom is -0.510 e. The van der Waals surface area contributed by atoms with Gasteiger partial charge < -0.3 is 10.0 Å². The molecule has 0 aliphatic carbocycles. The zero-order valence-corrected chi connectivity index (χ0v) is 17.5. The molecule has 0 spiro atoms. The minimum absolute atomic E-state index is 0.182. The fraction of sp³-hybridized carbons (Fsp3) is 0.0800. The molecule has 0 saturated heterocycles. The van der Waals surface area contributed by atoms with Crippen LogP contribution >= 0.6 is 11.3 Å². The number of aliphatic hydroxyl groups is 1. The second-order valence-electron chi connectivity index (χ2n) is 7.33. The molecule has 0 radical (unpaired) electrons. The third-order valence-corrected chi connectivity index (χ3v) is 6.13. The highest BCUT2D eigenvalue weighted by atomic mass is 32.1. The summed E-state index contributed by atoms with van der Waals surface area (Å²) in [5.74, 6) is 0.463. The van der Waals surface area contributed by atoms with Crippen molar-refractivity contribution in [3.8, 4) is 22.4 Å². The molecule has 1 aliphatic rings. The molecule has 0 saturated carbocycles. The van der Waals surface area contributed by atoms with E-state index >= 15 is 0 Å². The van der Waals surface area contributed by atoms with E-state index in [2.05, 4.69) is 41.4 Å². The van der Waals surface area contributed by atoms with Crippen LogP contribution in [0.5, 0.6) is 0 Å². The monoisotopic (exact) mass is 424 g/mol. The van der Waals surface area contributed by atoms with Crippen LogP contribution in [0.1, 0.15) is 10.7 Å². The summed E-state index contributed by atoms with van der Waals surface area (Å²) in [5.41, 5.74) is 5.55. The number of hydrogen-bond donors (Lipinski definition) is 2. The number of aromatic nitrogens is 2. The molecule has 2 N–H and O–H groups in total. The maximum atomic E-state index is 10.5. The molecule has 0 unspecified atom stereocenters. The maximum absolute atomic E-state index is 10.5. The van der Waals surface area contributed by atoms with Crippen molar-refractivity contribution >= 4 is 22.7 Å². The molecule has 0 amide bonds. The highest BCUT2D eigenvalue weighted by molar-refractivity contribution is 7.11. The lowest BCUT2D eigenvalue weighted by Crippen LogP contribution is -2.26. The van der Waals surface area contributed by atoms with Gasteiger partial charge >= 0.3 is 0 Å². The van der Waals surface area contributed by atoms with Gasteiger partial charge in [0.25, 0.3) is 0 Å². The zero-order valence-electron chi connectivity index (χ0n) is 16.7. The molecular weight excluding hydrogens is 404 g/mol. The first-order valence-corrected chi connectivity index (χ1v) is 10.8. The molecule has 0 fully saturated rings. The van der Waals surface area contributed by atoms with Crippen LogP contribution in [-0.4, -0.2) is 32.4 Å². The van der Waals surface area contributed by atoms with Crippen molar-refractivity contribution in [1.29, 1.82) is 5.41 Å². The molecule has 5 rings (SSSR count). The van der Waals surface area contributed by atoms with E-state index in [9.17, 15) is 5.11 Å². The van der Waals surface area contributed by atoms with Crippen molar-refractivity contribution in [3.05, 3.63) is 101 Å². The van der Waals surface area contributed by atoms with Crippen LogP contribution in [-0.2, 0) is 6.54 Å². The van der Waals surface area contributed by atoms with Crippen LogP contribution in [0.25, 0.3) is 28.0 Å². The summed E-state index contributed by atoms with van der Waals surface area (Å²) in [7, 11) is 0. The van der Waals surface area contributed by atoms with Crippen molar-refractivity contribution in [2.75, 3.05) is 6.54 Å². The molecule has 0 bridgehead atoms. The minimum atomic E-state index is 0.182. The predicted molar refractivity (Wildman–Crippen MR) is 125 cm³/mol. The summed E-state index contributed by atoms with van der Waals surface area (Å²) in [6.45, 7) is 0.776. The Morgan fingerprint density at radius 1 is 0.903 bits per heavy atom. The Labute approximate surface area is 184 Å². The van der Waals surface area contributed by atoms with E-state index in [1.807, 2.05) is 46.7 Å². The molecule has 5 nitrogen and oxygen atoms in total. The number of amidine groups is 1. The van der Waals surface area contributed by atoms with Crippen LogP contribution in [0.3, 0.4) is 0 Å². The Morgan fingerprint density at radius 3 is 2.35 bits per heavy atom. The van der Waals surface area contributed by atoms with Gasteiger partial charge in [0.1, 0.15) is 16.6 Å². The number of nitrogens with zero attached hydrogens (tertiary/aromatic N) is 3. The zero-order chi connectivity index (χ0) is 21.2. The molecule has 6 heteroatoms. The fourth-order valence-electron chi connectivity index (χ4n) is 3.67. The van der Waals surface area contributed by atoms with Gasteiger partial charge in [-0.2, -0.15) is 0 Å². The van der Waals surface area contributed by atoms with Crippen LogP contribution < -0.4 is 0 Å². The second-order valence-corrected chi connectivity index (χ2v) is 8.19. The number of pyridine rings is 1. The second kappa shape index (κ2) is 8.16. The number of aliphatic hydroxyl groups excluding tert-OH is 1. The molecular formula is C25H20N4OS. The maximum Gasteiger partial charge on any atom is 0.135 e. The van der Waals surface area contributed by atoms with E-state index in [0.717, 1.165) is 22.5 Å². The predicted octanol–water partition coefficient (Wildman–Crippen LogP) is 5.63. The standard InChI is InChI=1S/C25H20N4OS/c26-24-23(22(30)15-29(24)14-20-8-4-5-13-27-20)25-28-21(16-31-25)19-11-9-18(10-12-19)17-6-2-1-3-7-17/h1-13,16,26,30H,14-15H2. The van der Waals surface area contributed by atoms with Gasteiger partial charge in [-0.25, -0.2) is 4.98 Å². The lowest BCUT2D eigenvalue weighted by atomic mass is 10.0. The third-order valence-electron chi connectivity index (χ3n) is 5.27. The van der Waals surface area contributed by atoms with E-state index in [1.54, 1.807) is 6.20 Å². The van der Waals surface area contributed by atoms with E-state index in [0.29, 0.717) is 23.7 Å². The smallest absolute Gasteiger partial charge is 0.135 e. The molecule has 2 aromatic carbocycles. The van der Waals surface area contributed by atoms with Crippen molar-refractivity contribution < 1.29 is 5.11 Å². The average Bonchev–Trinajstić information content (AvgIpc) is 3.39. The Morgan fingerprint density at radius 2 is 1.61 bits per heavy atom. The number of benzene rings is 2. The molecule has 3 heterocycles. The molecule has 2 aromatic heterocycles. The number of nitrogens with one attached hydrogen (secondary N) is 1. The van der Waals surface area contributed by atoms with Gasteiger partial charge in [0.15, 0.2) is 0 Å². The lowest BCUT2D eigenvalue weighted by molar-refractivity contribution is 0.345. The van der Waals surface area contributed by atoms with Gasteiger partial charge in [-0.3, -0.25) is 10.4 Å². The number of thiazole rings is 1. The molecule has 1 aliphatic heterocycles. The quantitative estimate of drug-likeness (QED) is 0.435. The fourth-order valence-corrected chi connectivity index (χ4v) is 4.56. The number of rotatable bonds is 5. The van der Waals surface area contributed by atoms with Crippen molar-refractivity contribution in [2.24, 2.45) is 0 Å². The van der Waals surface area contributed by atoms with Crippen molar-refractivity contribution in [3.63, 3.8) is 0 Å². The topological polar surface area (TPSA) is 73.1 Å². The van der Waals surface area contributed by atoms with Crippen LogP contribution in [0.15, 0.2) is 90.1 Å². The van der Waals surface area contributed by atoms with Gasteiger partial charge in [0.2, 0.25) is 0 Å². The van der Waals surface area contributed by atoms with E-state index in [1.165, 1.54) is 16.9 Å². The molecule has 0 atom stereocenters. The van der Waals surface area contributed by atoms with Gasteiger partial charge in [-0.1, -0.05) is 60.7 Å². The summed E-state index contributed by atoms with van der Waals surface area (Å²) in [6.07, 6.45) is 1.74. The first-order chi connectivity index (χ1) is 15.2. The largest absolute Gasteiger partial charge is 0.510 e. The Bertz CT molecular complexity index is 1250. The third kappa shape index (κ3) is 3.85. The first kappa shape index (κ1) is 19.2. The van der Waals surface area contributed by atoms with Crippen LogP contribution in [0.2, 0.25) is 0 Å². The van der Waals surface area contributed by atoms with Crippen LogP contribution in [0, 0.1) is 5.41 Å². The lowest BCUT2D eigenvalue weighted by Gasteiger charge is -2.17. The summed E-state index contributed by atoms with van der Waals surface area (Å²) in [6, 6.07) is 24.3. The van der Waals surface area contributed by atoms with E-state index < -0.39 is 0 Å². The molecule has 4 aromatic rings. The van der Waals surface area contributed by atoms with Gasteiger partial charge in [-0.15, -0.1) is 11.3 Å². The Hall–Kier alpha value is -3.77. The first-order valence-electron chi connectivity index (χ1n) is 9.97. The van der Waals surface area contributed by atoms with Gasteiger partial charge in [0, 0.05) is 17.1 Å². The van der Waals surface area contributed by atoms with Gasteiger partial charge in [0.05, 0.1) is 30.1 Å². The normalized spacial score (nSPS) is 13.8. The Kier molecular flexibility index (Phi) is 5.06. The van der Waals surface area contributed by atoms with Crippen LogP contribution in [0.4, 0.5) is 0 Å². The summed E-state index contributed by atoms with van der Waals surface area (Å²) >= 11 is 1.45. The average molecular weight is 425 g/mol. The SMILES string of the molecule is N=C1C(c2nc(-c3ccc(-c4ccccc4)cc3)cs2)=C(O)CN1Cc1ccccn1. The molecule has 152 valence electrons. The number of hydrogen-bond acceptors (Lipinski definition) is 5. The summed E-state index contributed by atoms with van der Waals surface area (Å²) in [4.78, 5) is 10.9. The summed E-state index contributed by atoms with van der Waals surface area (Å²) < 4.78 is 0. The summed E-state index contributed by atoms with van der Waals surface area (Å²) in [5, 5.41) is 21.7. The molecule has 31 heavy (non-hydrogen) atoms. The highest BCUT2D eigenvalue weighted by Gasteiger charge is 2.30. The van der Waals surface area contributed by atoms with E-state index in [-0.39, 0.29) is 11.6 Å². The van der Waals surface area contributed by atoms with Gasteiger partial charge in [-0.05, 0) is 23.3 Å². The van der Waals surface area contributed by atoms with E-state index in [4.69, 9.17) is 10.4 Å². The van der Waals surface area contributed by atoms with Crippen molar-refractivity contribution in [1.82, 2.24) is 14.9 Å². The Balaban J connectivity index is 1.35.